The van der Waals surface area contributed by atoms with Crippen LogP contribution in [-0.2, 0) is 9.53 Å². The van der Waals surface area contributed by atoms with Crippen LogP contribution in [0.4, 0.5) is 5.82 Å². The van der Waals surface area contributed by atoms with Gasteiger partial charge in [-0.05, 0) is 19.8 Å². The maximum absolute atomic E-state index is 12.3. The Morgan fingerprint density at radius 2 is 2.39 bits per heavy atom. The van der Waals surface area contributed by atoms with Gasteiger partial charge in [0.15, 0.2) is 0 Å². The average Bonchev–Trinajstić information content (AvgIpc) is 2.97. The van der Waals surface area contributed by atoms with Gasteiger partial charge in [0.25, 0.3) is 5.71 Å². The van der Waals surface area contributed by atoms with E-state index < -0.39 is 0 Å². The van der Waals surface area contributed by atoms with Crippen molar-refractivity contribution in [2.75, 3.05) is 38.3 Å². The third-order valence-corrected chi connectivity index (χ3v) is 4.12. The molecule has 8 heteroatoms. The average molecular weight is 319 g/mol. The Balaban J connectivity index is 1.75. The van der Waals surface area contributed by atoms with Crippen molar-refractivity contribution < 1.29 is 14.1 Å². The molecule has 1 aliphatic heterocycles. The summed E-state index contributed by atoms with van der Waals surface area (Å²) < 4.78 is 10.2. The molecule has 1 N–H and O–H groups in total. The van der Waals surface area contributed by atoms with Crippen LogP contribution in [-0.4, -0.2) is 54.4 Å². The number of hydrogen-bond acceptors (Lipinski definition) is 7. The number of amides is 1. The molecule has 124 valence electrons. The summed E-state index contributed by atoms with van der Waals surface area (Å²) in [5, 5.41) is 7.70. The van der Waals surface area contributed by atoms with Crippen molar-refractivity contribution in [3.05, 3.63) is 12.0 Å². The van der Waals surface area contributed by atoms with Crippen LogP contribution in [0.25, 0.3) is 11.1 Å². The van der Waals surface area contributed by atoms with Crippen molar-refractivity contribution in [3.8, 4) is 0 Å². The maximum Gasteiger partial charge on any atom is 0.263 e. The van der Waals surface area contributed by atoms with E-state index in [1.54, 1.807) is 7.11 Å². The summed E-state index contributed by atoms with van der Waals surface area (Å²) in [6.45, 7) is 4.43. The highest BCUT2D eigenvalue weighted by Crippen LogP contribution is 2.29. The zero-order chi connectivity index (χ0) is 16.2. The Morgan fingerprint density at radius 1 is 1.52 bits per heavy atom. The van der Waals surface area contributed by atoms with E-state index in [0.717, 1.165) is 36.3 Å². The first-order valence-corrected chi connectivity index (χ1v) is 7.79. The molecule has 1 aliphatic rings. The Morgan fingerprint density at radius 3 is 3.22 bits per heavy atom. The fraction of sp³-hybridized carbons (Fsp3) is 0.600. The number of ether oxygens (including phenoxy) is 1. The molecule has 1 saturated heterocycles. The van der Waals surface area contributed by atoms with Crippen LogP contribution < -0.4 is 10.2 Å². The van der Waals surface area contributed by atoms with Gasteiger partial charge in [-0.15, -0.1) is 0 Å². The second kappa shape index (κ2) is 6.91. The minimum Gasteiger partial charge on any atom is -0.383 e. The molecule has 8 nitrogen and oxygen atoms in total. The number of methoxy groups -OCH3 is 1. The molecule has 1 fully saturated rings. The SMILES string of the molecule is COCCNC(=O)[C@@H]1CCCN(c2ncnc3onc(C)c23)C1. The van der Waals surface area contributed by atoms with Crippen molar-refractivity contribution in [2.45, 2.75) is 19.8 Å². The van der Waals surface area contributed by atoms with Crippen molar-refractivity contribution in [1.29, 1.82) is 0 Å². The molecule has 0 saturated carbocycles. The number of nitrogens with zero attached hydrogens (tertiary/aromatic N) is 4. The number of aromatic nitrogens is 3. The molecule has 0 bridgehead atoms. The van der Waals surface area contributed by atoms with E-state index >= 15 is 0 Å². The second-order valence-corrected chi connectivity index (χ2v) is 5.71. The molecule has 0 unspecified atom stereocenters. The second-order valence-electron chi connectivity index (χ2n) is 5.71. The van der Waals surface area contributed by atoms with Crippen molar-refractivity contribution in [3.63, 3.8) is 0 Å². The van der Waals surface area contributed by atoms with Crippen LogP contribution in [0.5, 0.6) is 0 Å². The minimum atomic E-state index is -0.0502. The topological polar surface area (TPSA) is 93.4 Å². The van der Waals surface area contributed by atoms with E-state index in [1.807, 2.05) is 6.92 Å². The van der Waals surface area contributed by atoms with Gasteiger partial charge in [0.05, 0.1) is 18.2 Å². The van der Waals surface area contributed by atoms with Crippen LogP contribution in [0.15, 0.2) is 10.9 Å². The third kappa shape index (κ3) is 3.26. The highest BCUT2D eigenvalue weighted by atomic mass is 16.5. The molecule has 3 heterocycles. The van der Waals surface area contributed by atoms with Gasteiger partial charge in [0.1, 0.15) is 17.5 Å². The number of hydrogen-bond donors (Lipinski definition) is 1. The first kappa shape index (κ1) is 15.7. The summed E-state index contributed by atoms with van der Waals surface area (Å²) in [7, 11) is 1.62. The molecular weight excluding hydrogens is 298 g/mol. The Kier molecular flexibility index (Phi) is 4.71. The summed E-state index contributed by atoms with van der Waals surface area (Å²) in [6.07, 6.45) is 3.30. The molecule has 3 rings (SSSR count). The largest absolute Gasteiger partial charge is 0.383 e. The van der Waals surface area contributed by atoms with E-state index in [-0.39, 0.29) is 11.8 Å². The maximum atomic E-state index is 12.3. The van der Waals surface area contributed by atoms with Gasteiger partial charge in [0.2, 0.25) is 5.91 Å². The fourth-order valence-corrected chi connectivity index (χ4v) is 2.95. The molecule has 2 aromatic rings. The first-order valence-electron chi connectivity index (χ1n) is 7.79. The standard InChI is InChI=1S/C15H21N5O3/c1-10-12-13(17-9-18-15(12)23-19-10)20-6-3-4-11(8-20)14(21)16-5-7-22-2/h9,11H,3-8H2,1-2H3,(H,16,21)/t11-/m1/s1. The van der Waals surface area contributed by atoms with Gasteiger partial charge >= 0.3 is 0 Å². The predicted molar refractivity (Wildman–Crippen MR) is 84.2 cm³/mol. The highest BCUT2D eigenvalue weighted by Gasteiger charge is 2.28. The molecule has 0 aliphatic carbocycles. The van der Waals surface area contributed by atoms with Crippen LogP contribution in [0.3, 0.4) is 0 Å². The van der Waals surface area contributed by atoms with Crippen molar-refractivity contribution in [2.24, 2.45) is 5.92 Å². The predicted octanol–water partition coefficient (Wildman–Crippen LogP) is 0.905. The normalized spacial score (nSPS) is 18.3. The number of piperidine rings is 1. The lowest BCUT2D eigenvalue weighted by Gasteiger charge is -2.33. The number of fused-ring (bicyclic) bond motifs is 1. The van der Waals surface area contributed by atoms with Crippen LogP contribution >= 0.6 is 0 Å². The monoisotopic (exact) mass is 319 g/mol. The lowest BCUT2D eigenvalue weighted by Crippen LogP contribution is -2.44. The molecule has 0 spiro atoms. The Hall–Kier alpha value is -2.22. The Labute approximate surface area is 134 Å². The summed E-state index contributed by atoms with van der Waals surface area (Å²) in [5.41, 5.74) is 1.25. The molecular formula is C15H21N5O3. The number of rotatable bonds is 5. The third-order valence-electron chi connectivity index (χ3n) is 4.12. The molecule has 0 radical (unpaired) electrons. The fourth-order valence-electron chi connectivity index (χ4n) is 2.95. The van der Waals surface area contributed by atoms with Gasteiger partial charge in [-0.2, -0.15) is 4.98 Å². The number of anilines is 1. The van der Waals surface area contributed by atoms with E-state index in [0.29, 0.717) is 25.4 Å². The molecule has 1 atom stereocenters. The molecule has 1 amide bonds. The number of nitrogens with one attached hydrogen (secondary N) is 1. The highest BCUT2D eigenvalue weighted by molar-refractivity contribution is 5.88. The van der Waals surface area contributed by atoms with Crippen LogP contribution in [0.1, 0.15) is 18.5 Å². The molecule has 0 aromatic carbocycles. The van der Waals surface area contributed by atoms with E-state index in [4.69, 9.17) is 9.26 Å². The van der Waals surface area contributed by atoms with Crippen molar-refractivity contribution >= 4 is 22.8 Å². The summed E-state index contributed by atoms with van der Waals surface area (Å²) in [4.78, 5) is 22.9. The lowest BCUT2D eigenvalue weighted by molar-refractivity contribution is -0.125. The first-order chi connectivity index (χ1) is 11.2. The Bertz CT molecular complexity index is 687. The zero-order valence-corrected chi connectivity index (χ0v) is 13.4. The quantitative estimate of drug-likeness (QED) is 0.818. The lowest BCUT2D eigenvalue weighted by atomic mass is 9.97. The molecule has 2 aromatic heterocycles. The van der Waals surface area contributed by atoms with Gasteiger partial charge < -0.3 is 19.5 Å². The summed E-state index contributed by atoms with van der Waals surface area (Å²) >= 11 is 0. The van der Waals surface area contributed by atoms with Gasteiger partial charge in [-0.3, -0.25) is 4.79 Å². The van der Waals surface area contributed by atoms with Gasteiger partial charge in [-0.1, -0.05) is 5.16 Å². The van der Waals surface area contributed by atoms with Crippen LogP contribution in [0.2, 0.25) is 0 Å². The van der Waals surface area contributed by atoms with Crippen LogP contribution in [0, 0.1) is 12.8 Å². The smallest absolute Gasteiger partial charge is 0.263 e. The van der Waals surface area contributed by atoms with Crippen molar-refractivity contribution in [1.82, 2.24) is 20.4 Å². The minimum absolute atomic E-state index is 0.0502. The van der Waals surface area contributed by atoms with E-state index in [9.17, 15) is 4.79 Å². The van der Waals surface area contributed by atoms with Gasteiger partial charge in [0, 0.05) is 26.7 Å². The van der Waals surface area contributed by atoms with E-state index in [2.05, 4.69) is 25.3 Å². The zero-order valence-electron chi connectivity index (χ0n) is 13.4. The summed E-state index contributed by atoms with van der Waals surface area (Å²) in [5.74, 6) is 0.813. The number of aryl methyl sites for hydroxylation is 1. The number of carbonyl (C=O) groups excluding carboxylic acids is 1. The van der Waals surface area contributed by atoms with Gasteiger partial charge in [-0.25, -0.2) is 4.98 Å². The van der Waals surface area contributed by atoms with E-state index in [1.165, 1.54) is 6.33 Å². The summed E-state index contributed by atoms with van der Waals surface area (Å²) in [6, 6.07) is 0. The number of carbonyl (C=O) groups is 1. The molecule has 23 heavy (non-hydrogen) atoms.